The molecule has 2 aliphatic carbocycles. The van der Waals surface area contributed by atoms with E-state index in [-0.39, 0.29) is 29.4 Å². The number of aliphatic imine (C=N–C) groups is 1. The largest absolute Gasteiger partial charge is 0.496 e. The van der Waals surface area contributed by atoms with Crippen LogP contribution in [0.15, 0.2) is 29.3 Å². The summed E-state index contributed by atoms with van der Waals surface area (Å²) in [7, 11) is 1.59. The van der Waals surface area contributed by atoms with Gasteiger partial charge in [0.05, 0.1) is 12.8 Å². The molecule has 2 fully saturated rings. The van der Waals surface area contributed by atoms with Crippen LogP contribution in [0.4, 0.5) is 4.79 Å². The highest BCUT2D eigenvalue weighted by Crippen LogP contribution is 2.65. The predicted octanol–water partition coefficient (Wildman–Crippen LogP) is 4.49. The molecule has 0 radical (unpaired) electrons. The molecule has 5 atom stereocenters. The molecule has 1 amide bonds. The lowest BCUT2D eigenvalue weighted by Gasteiger charge is -2.40. The Kier molecular flexibility index (Phi) is 5.74. The van der Waals surface area contributed by atoms with Gasteiger partial charge in [-0.3, -0.25) is 4.99 Å². The van der Waals surface area contributed by atoms with Crippen molar-refractivity contribution in [3.63, 3.8) is 0 Å². The van der Waals surface area contributed by atoms with E-state index in [1.54, 1.807) is 7.11 Å². The lowest BCUT2D eigenvalue weighted by Crippen LogP contribution is -2.49. The number of alkyl carbamates (subject to hydrolysis) is 1. The highest BCUT2D eigenvalue weighted by Gasteiger charge is 2.68. The first kappa shape index (κ1) is 23.6. The van der Waals surface area contributed by atoms with Gasteiger partial charge in [0.2, 0.25) is 0 Å². The quantitative estimate of drug-likeness (QED) is 0.660. The number of esters is 1. The van der Waals surface area contributed by atoms with Crippen LogP contribution in [-0.2, 0) is 14.3 Å². The Hall–Kier alpha value is -2.57. The zero-order valence-corrected chi connectivity index (χ0v) is 20.7. The Labute approximate surface area is 196 Å². The lowest BCUT2D eigenvalue weighted by molar-refractivity contribution is -0.156. The van der Waals surface area contributed by atoms with E-state index < -0.39 is 23.7 Å². The molecule has 0 aromatic heterocycles. The molecule has 1 aromatic carbocycles. The van der Waals surface area contributed by atoms with Crippen molar-refractivity contribution in [2.45, 2.75) is 78.0 Å². The summed E-state index contributed by atoms with van der Waals surface area (Å²) in [6.07, 6.45) is 1.28. The summed E-state index contributed by atoms with van der Waals surface area (Å²) < 4.78 is 17.1. The van der Waals surface area contributed by atoms with Gasteiger partial charge in [0.1, 0.15) is 17.5 Å². The number of nitrogens with zero attached hydrogens (tertiary/aromatic N) is 1. The summed E-state index contributed by atoms with van der Waals surface area (Å²) in [5, 5.41) is 2.83. The number of carbonyl (C=O) groups is 2. The topological polar surface area (TPSA) is 86.2 Å². The third kappa shape index (κ3) is 3.89. The minimum Gasteiger partial charge on any atom is -0.496 e. The summed E-state index contributed by atoms with van der Waals surface area (Å²) in [6.45, 7) is 12.3. The van der Waals surface area contributed by atoms with Gasteiger partial charge in [-0.1, -0.05) is 39.0 Å². The predicted molar refractivity (Wildman–Crippen MR) is 126 cm³/mol. The fraction of sp³-hybridized carbons (Fsp3) is 0.654. The average Bonchev–Trinajstić information content (AvgIpc) is 3.05. The molecular formula is C26H36N2O5. The van der Waals surface area contributed by atoms with Crippen molar-refractivity contribution in [3.05, 3.63) is 29.8 Å². The maximum atomic E-state index is 13.3. The third-order valence-corrected chi connectivity index (χ3v) is 8.05. The van der Waals surface area contributed by atoms with E-state index in [0.29, 0.717) is 11.7 Å². The van der Waals surface area contributed by atoms with Crippen LogP contribution in [0.5, 0.6) is 5.75 Å². The first-order chi connectivity index (χ1) is 15.4. The van der Waals surface area contributed by atoms with Crippen LogP contribution in [0, 0.1) is 16.7 Å². The van der Waals surface area contributed by atoms with E-state index >= 15 is 0 Å². The number of hydrogen-bond donors (Lipinski definition) is 1. The molecule has 3 aliphatic rings. The second-order valence-corrected chi connectivity index (χ2v) is 11.3. The Morgan fingerprint density at radius 2 is 1.97 bits per heavy atom. The van der Waals surface area contributed by atoms with Crippen molar-refractivity contribution in [1.82, 2.24) is 5.32 Å². The fourth-order valence-corrected chi connectivity index (χ4v) is 5.89. The van der Waals surface area contributed by atoms with Gasteiger partial charge >= 0.3 is 12.1 Å². The number of fused-ring (bicyclic) bond motifs is 5. The van der Waals surface area contributed by atoms with Gasteiger partial charge in [0, 0.05) is 29.4 Å². The highest BCUT2D eigenvalue weighted by molar-refractivity contribution is 6.01. The number of methoxy groups -OCH3 is 1. The zero-order chi connectivity index (χ0) is 24.2. The van der Waals surface area contributed by atoms with Gasteiger partial charge in [-0.05, 0) is 45.1 Å². The van der Waals surface area contributed by atoms with Crippen molar-refractivity contribution in [3.8, 4) is 5.75 Å². The van der Waals surface area contributed by atoms with Crippen LogP contribution in [0.25, 0.3) is 0 Å². The van der Waals surface area contributed by atoms with Crippen LogP contribution in [0.2, 0.25) is 0 Å². The van der Waals surface area contributed by atoms with Crippen LogP contribution in [0.1, 0.15) is 65.9 Å². The summed E-state index contributed by atoms with van der Waals surface area (Å²) >= 11 is 0. The van der Waals surface area contributed by atoms with E-state index in [2.05, 4.69) is 26.1 Å². The second kappa shape index (κ2) is 8.03. The van der Waals surface area contributed by atoms with E-state index in [9.17, 15) is 9.59 Å². The molecule has 1 aromatic rings. The van der Waals surface area contributed by atoms with Gasteiger partial charge in [-0.15, -0.1) is 0 Å². The first-order valence-electron chi connectivity index (χ1n) is 11.8. The molecular weight excluding hydrogens is 420 g/mol. The molecule has 7 nitrogen and oxygen atoms in total. The molecule has 4 rings (SSSR count). The zero-order valence-electron chi connectivity index (χ0n) is 20.7. The fourth-order valence-electron chi connectivity index (χ4n) is 5.89. The lowest BCUT2D eigenvalue weighted by atomic mass is 9.70. The maximum Gasteiger partial charge on any atom is 0.407 e. The molecule has 33 heavy (non-hydrogen) atoms. The van der Waals surface area contributed by atoms with E-state index in [0.717, 1.165) is 24.1 Å². The van der Waals surface area contributed by atoms with Crippen molar-refractivity contribution in [1.29, 1.82) is 0 Å². The van der Waals surface area contributed by atoms with Crippen LogP contribution in [0.3, 0.4) is 0 Å². The maximum absolute atomic E-state index is 13.3. The summed E-state index contributed by atoms with van der Waals surface area (Å²) in [5.41, 5.74) is 1.09. The van der Waals surface area contributed by atoms with Gasteiger partial charge in [-0.2, -0.15) is 0 Å². The molecule has 0 saturated heterocycles. The van der Waals surface area contributed by atoms with Crippen molar-refractivity contribution in [2.75, 3.05) is 13.7 Å². The minimum absolute atomic E-state index is 0.0143. The van der Waals surface area contributed by atoms with Crippen LogP contribution >= 0.6 is 0 Å². The van der Waals surface area contributed by atoms with E-state index in [1.807, 2.05) is 45.0 Å². The Morgan fingerprint density at radius 3 is 2.64 bits per heavy atom. The minimum atomic E-state index is -0.763. The Morgan fingerprint density at radius 1 is 1.27 bits per heavy atom. The Balaban J connectivity index is 1.69. The molecule has 7 heteroatoms. The number of hydrogen-bond acceptors (Lipinski definition) is 6. The number of carbonyl (C=O) groups excluding carboxylic acids is 2. The van der Waals surface area contributed by atoms with Crippen LogP contribution < -0.4 is 10.1 Å². The molecule has 1 aliphatic heterocycles. The van der Waals surface area contributed by atoms with Crippen LogP contribution in [-0.4, -0.2) is 49.2 Å². The summed E-state index contributed by atoms with van der Waals surface area (Å²) in [5.74, 6) is 0.129. The van der Waals surface area contributed by atoms with E-state index in [1.165, 1.54) is 0 Å². The number of amides is 1. The van der Waals surface area contributed by atoms with Gasteiger partial charge in [-0.25, -0.2) is 9.59 Å². The molecule has 0 spiro atoms. The van der Waals surface area contributed by atoms with Crippen molar-refractivity contribution >= 4 is 17.8 Å². The number of nitrogens with one attached hydrogen (secondary N) is 1. The number of benzene rings is 1. The normalized spacial score (nSPS) is 30.7. The summed E-state index contributed by atoms with van der Waals surface area (Å²) in [6, 6.07) is 6.76. The number of ether oxygens (including phenoxy) is 3. The SMILES string of the molecule is COc1ccccc1[C@H](CNC(=O)OC(C)(C)C)[C@H]1N=C2[C@H]3CC[C@@](C)([C@@H]2OC1=O)C3(C)C. The van der Waals surface area contributed by atoms with Gasteiger partial charge in [0.15, 0.2) is 6.04 Å². The first-order valence-corrected chi connectivity index (χ1v) is 11.8. The molecule has 0 unspecified atom stereocenters. The molecule has 1 N–H and O–H groups in total. The average molecular weight is 457 g/mol. The monoisotopic (exact) mass is 456 g/mol. The second-order valence-electron chi connectivity index (χ2n) is 11.3. The van der Waals surface area contributed by atoms with Gasteiger partial charge < -0.3 is 19.5 Å². The Bertz CT molecular complexity index is 979. The molecule has 2 bridgehead atoms. The molecule has 1 heterocycles. The smallest absolute Gasteiger partial charge is 0.407 e. The molecule has 180 valence electrons. The van der Waals surface area contributed by atoms with Crippen molar-refractivity contribution < 1.29 is 23.8 Å². The number of para-hydroxylation sites is 1. The van der Waals surface area contributed by atoms with Crippen molar-refractivity contribution in [2.24, 2.45) is 21.7 Å². The third-order valence-electron chi connectivity index (χ3n) is 8.05. The summed E-state index contributed by atoms with van der Waals surface area (Å²) in [4.78, 5) is 30.8. The highest BCUT2D eigenvalue weighted by atomic mass is 16.6. The van der Waals surface area contributed by atoms with E-state index in [4.69, 9.17) is 19.2 Å². The number of rotatable bonds is 5. The van der Waals surface area contributed by atoms with Gasteiger partial charge in [0.25, 0.3) is 0 Å². The standard InChI is InChI=1S/C26H36N2O5/c1-24(2,3)33-23(30)27-14-16(15-10-8-9-11-18(15)31-7)19-22(29)32-21-20(28-19)17-12-13-26(21,6)25(17,4)5/h8-11,16-17,19,21H,12-14H2,1-7H3,(H,27,30)/t16-,17+,19+,21+,26-/m0/s1. The molecule has 2 saturated carbocycles.